The van der Waals surface area contributed by atoms with Crippen molar-refractivity contribution in [2.75, 3.05) is 13.2 Å². The summed E-state index contributed by atoms with van der Waals surface area (Å²) < 4.78 is 5.62. The lowest BCUT2D eigenvalue weighted by atomic mass is 10.0. The van der Waals surface area contributed by atoms with Gasteiger partial charge in [0, 0.05) is 12.5 Å². The number of nitrogens with one attached hydrogen (secondary N) is 1. The Hall–Kier alpha value is -1.46. The van der Waals surface area contributed by atoms with Crippen LogP contribution in [0.3, 0.4) is 0 Å². The van der Waals surface area contributed by atoms with Crippen molar-refractivity contribution in [1.29, 1.82) is 0 Å². The van der Waals surface area contributed by atoms with E-state index in [-0.39, 0.29) is 0 Å². The van der Waals surface area contributed by atoms with Crippen LogP contribution in [0.2, 0.25) is 0 Å². The molecule has 1 aromatic rings. The Kier molecular flexibility index (Phi) is 6.98. The van der Waals surface area contributed by atoms with Crippen LogP contribution >= 0.6 is 0 Å². The Balaban J connectivity index is 2.48. The van der Waals surface area contributed by atoms with Crippen molar-refractivity contribution in [2.24, 2.45) is 0 Å². The van der Waals surface area contributed by atoms with Crippen molar-refractivity contribution in [3.63, 3.8) is 0 Å². The second kappa shape index (κ2) is 8.60. The quantitative estimate of drug-likeness (QED) is 0.559. The Morgan fingerprint density at radius 3 is 2.56 bits per heavy atom. The molecule has 0 aromatic heterocycles. The predicted molar refractivity (Wildman–Crippen MR) is 76.7 cm³/mol. The molecule has 0 aliphatic rings. The Bertz CT molecular complexity index is 364. The number of hydrogen-bond acceptors (Lipinski definition) is 2. The maximum atomic E-state index is 5.62. The SMILES string of the molecule is C#CCCCOc1ccc(C(CC)NCC)cc1. The lowest BCUT2D eigenvalue weighted by Gasteiger charge is -2.16. The van der Waals surface area contributed by atoms with Gasteiger partial charge in [-0.25, -0.2) is 0 Å². The number of unbranched alkanes of at least 4 members (excludes halogenated alkanes) is 1. The van der Waals surface area contributed by atoms with Gasteiger partial charge in [-0.05, 0) is 37.1 Å². The smallest absolute Gasteiger partial charge is 0.119 e. The van der Waals surface area contributed by atoms with E-state index in [4.69, 9.17) is 11.2 Å². The first kappa shape index (κ1) is 14.6. The van der Waals surface area contributed by atoms with Crippen molar-refractivity contribution in [2.45, 2.75) is 39.2 Å². The average Bonchev–Trinajstić information content (AvgIpc) is 2.42. The molecule has 1 rings (SSSR count). The third kappa shape index (κ3) is 4.81. The molecule has 2 heteroatoms. The first-order chi connectivity index (χ1) is 8.81. The molecule has 98 valence electrons. The molecule has 0 saturated carbocycles. The van der Waals surface area contributed by atoms with Gasteiger partial charge in [0.15, 0.2) is 0 Å². The summed E-state index contributed by atoms with van der Waals surface area (Å²) in [7, 11) is 0. The molecule has 0 saturated heterocycles. The maximum Gasteiger partial charge on any atom is 0.119 e. The highest BCUT2D eigenvalue weighted by molar-refractivity contribution is 5.29. The first-order valence-corrected chi connectivity index (χ1v) is 6.71. The van der Waals surface area contributed by atoms with Gasteiger partial charge in [0.05, 0.1) is 6.61 Å². The second-order valence-corrected chi connectivity index (χ2v) is 4.24. The van der Waals surface area contributed by atoms with Crippen LogP contribution in [0, 0.1) is 12.3 Å². The van der Waals surface area contributed by atoms with Crippen molar-refractivity contribution in [1.82, 2.24) is 5.32 Å². The molecule has 0 amide bonds. The highest BCUT2D eigenvalue weighted by atomic mass is 16.5. The molecule has 0 aliphatic heterocycles. The van der Waals surface area contributed by atoms with E-state index in [0.717, 1.165) is 31.6 Å². The van der Waals surface area contributed by atoms with Crippen molar-refractivity contribution in [3.05, 3.63) is 29.8 Å². The standard InChI is InChI=1S/C16H23NO/c1-4-7-8-13-18-15-11-9-14(10-12-15)16(5-2)17-6-3/h1,9-12,16-17H,5-8,13H2,2-3H3. The minimum Gasteiger partial charge on any atom is -0.494 e. The zero-order chi connectivity index (χ0) is 13.2. The molecular weight excluding hydrogens is 222 g/mol. The van der Waals surface area contributed by atoms with E-state index in [2.05, 4.69) is 37.2 Å². The van der Waals surface area contributed by atoms with Gasteiger partial charge in [-0.3, -0.25) is 0 Å². The van der Waals surface area contributed by atoms with Crippen LogP contribution in [-0.4, -0.2) is 13.2 Å². The lowest BCUT2D eigenvalue weighted by Crippen LogP contribution is -2.19. The molecular formula is C16H23NO. The molecule has 0 spiro atoms. The van der Waals surface area contributed by atoms with E-state index in [1.807, 2.05) is 12.1 Å². The minimum atomic E-state index is 0.436. The van der Waals surface area contributed by atoms with Gasteiger partial charge in [0.2, 0.25) is 0 Å². The third-order valence-corrected chi connectivity index (χ3v) is 2.88. The summed E-state index contributed by atoms with van der Waals surface area (Å²) >= 11 is 0. The third-order valence-electron chi connectivity index (χ3n) is 2.88. The topological polar surface area (TPSA) is 21.3 Å². The summed E-state index contributed by atoms with van der Waals surface area (Å²) in [6, 6.07) is 8.77. The van der Waals surface area contributed by atoms with E-state index >= 15 is 0 Å². The normalized spacial score (nSPS) is 11.8. The predicted octanol–water partition coefficient (Wildman–Crippen LogP) is 3.54. The monoisotopic (exact) mass is 245 g/mol. The molecule has 0 bridgehead atoms. The fourth-order valence-corrected chi connectivity index (χ4v) is 1.90. The fourth-order valence-electron chi connectivity index (χ4n) is 1.90. The van der Waals surface area contributed by atoms with Gasteiger partial charge in [-0.2, -0.15) is 0 Å². The Morgan fingerprint density at radius 2 is 2.00 bits per heavy atom. The summed E-state index contributed by atoms with van der Waals surface area (Å²) in [4.78, 5) is 0. The van der Waals surface area contributed by atoms with E-state index in [1.54, 1.807) is 0 Å². The number of rotatable bonds is 8. The van der Waals surface area contributed by atoms with Gasteiger partial charge >= 0.3 is 0 Å². The van der Waals surface area contributed by atoms with Crippen LogP contribution in [0.15, 0.2) is 24.3 Å². The van der Waals surface area contributed by atoms with Crippen LogP contribution in [0.4, 0.5) is 0 Å². The van der Waals surface area contributed by atoms with Gasteiger partial charge in [0.1, 0.15) is 5.75 Å². The number of benzene rings is 1. The van der Waals surface area contributed by atoms with E-state index in [0.29, 0.717) is 12.6 Å². The lowest BCUT2D eigenvalue weighted by molar-refractivity contribution is 0.312. The van der Waals surface area contributed by atoms with Crippen LogP contribution in [0.5, 0.6) is 5.75 Å². The number of hydrogen-bond donors (Lipinski definition) is 1. The first-order valence-electron chi connectivity index (χ1n) is 6.71. The highest BCUT2D eigenvalue weighted by Crippen LogP contribution is 2.20. The number of terminal acetylenes is 1. The molecule has 18 heavy (non-hydrogen) atoms. The fraction of sp³-hybridized carbons (Fsp3) is 0.500. The van der Waals surface area contributed by atoms with Gasteiger partial charge in [-0.15, -0.1) is 12.3 Å². The summed E-state index contributed by atoms with van der Waals surface area (Å²) in [6.45, 7) is 6.00. The summed E-state index contributed by atoms with van der Waals surface area (Å²) in [5.74, 6) is 3.53. The Morgan fingerprint density at radius 1 is 1.28 bits per heavy atom. The van der Waals surface area contributed by atoms with Gasteiger partial charge < -0.3 is 10.1 Å². The molecule has 0 heterocycles. The molecule has 1 aromatic carbocycles. The summed E-state index contributed by atoms with van der Waals surface area (Å²) in [5, 5.41) is 3.46. The molecule has 0 radical (unpaired) electrons. The molecule has 2 nitrogen and oxygen atoms in total. The molecule has 0 aliphatic carbocycles. The van der Waals surface area contributed by atoms with Crippen LogP contribution in [0.1, 0.15) is 44.7 Å². The zero-order valence-corrected chi connectivity index (χ0v) is 11.4. The Labute approximate surface area is 111 Å². The van der Waals surface area contributed by atoms with Crippen molar-refractivity contribution < 1.29 is 4.74 Å². The van der Waals surface area contributed by atoms with Crippen molar-refractivity contribution in [3.8, 4) is 18.1 Å². The molecule has 1 N–H and O–H groups in total. The molecule has 1 atom stereocenters. The van der Waals surface area contributed by atoms with Gasteiger partial charge in [0.25, 0.3) is 0 Å². The van der Waals surface area contributed by atoms with E-state index in [9.17, 15) is 0 Å². The largest absolute Gasteiger partial charge is 0.494 e. The number of ether oxygens (including phenoxy) is 1. The molecule has 0 fully saturated rings. The second-order valence-electron chi connectivity index (χ2n) is 4.24. The average molecular weight is 245 g/mol. The van der Waals surface area contributed by atoms with E-state index in [1.165, 1.54) is 5.56 Å². The van der Waals surface area contributed by atoms with Crippen LogP contribution < -0.4 is 10.1 Å². The zero-order valence-electron chi connectivity index (χ0n) is 11.4. The highest BCUT2D eigenvalue weighted by Gasteiger charge is 2.07. The summed E-state index contributed by atoms with van der Waals surface area (Å²) in [6.07, 6.45) is 7.97. The minimum absolute atomic E-state index is 0.436. The maximum absolute atomic E-state index is 5.62. The van der Waals surface area contributed by atoms with Crippen LogP contribution in [0.25, 0.3) is 0 Å². The van der Waals surface area contributed by atoms with Crippen molar-refractivity contribution >= 4 is 0 Å². The van der Waals surface area contributed by atoms with Gasteiger partial charge in [-0.1, -0.05) is 26.0 Å². The van der Waals surface area contributed by atoms with E-state index < -0.39 is 0 Å². The van der Waals surface area contributed by atoms with Crippen LogP contribution in [-0.2, 0) is 0 Å². The summed E-state index contributed by atoms with van der Waals surface area (Å²) in [5.41, 5.74) is 1.32. The molecule has 1 unspecified atom stereocenters.